The fourth-order valence-electron chi connectivity index (χ4n) is 4.14. The molecule has 2 fully saturated rings. The van der Waals surface area contributed by atoms with Gasteiger partial charge in [-0.25, -0.2) is 14.6 Å². The van der Waals surface area contributed by atoms with Gasteiger partial charge in [-0.05, 0) is 56.5 Å². The SMILES string of the molecule is CC1CCN(CC#Cc2nn(CC3CCCC3)c3ncnc(N)c23)CC1. The summed E-state index contributed by atoms with van der Waals surface area (Å²) in [5.41, 5.74) is 7.67. The summed E-state index contributed by atoms with van der Waals surface area (Å²) in [5, 5.41) is 5.56. The molecule has 2 aliphatic rings. The number of hydrogen-bond acceptors (Lipinski definition) is 5. The number of nitrogens with zero attached hydrogens (tertiary/aromatic N) is 5. The van der Waals surface area contributed by atoms with Crippen molar-refractivity contribution in [1.29, 1.82) is 0 Å². The van der Waals surface area contributed by atoms with Crippen LogP contribution in [0, 0.1) is 23.7 Å². The molecule has 0 aromatic carbocycles. The molecule has 0 unspecified atom stereocenters. The number of piperidine rings is 1. The monoisotopic (exact) mass is 352 g/mol. The Labute approximate surface area is 155 Å². The molecule has 1 aliphatic heterocycles. The molecule has 0 atom stereocenters. The molecular formula is C20H28N6. The second kappa shape index (κ2) is 7.63. The van der Waals surface area contributed by atoms with Gasteiger partial charge in [0, 0.05) is 6.54 Å². The van der Waals surface area contributed by atoms with Gasteiger partial charge in [-0.1, -0.05) is 25.7 Å². The molecule has 138 valence electrons. The van der Waals surface area contributed by atoms with Gasteiger partial charge in [0.2, 0.25) is 0 Å². The van der Waals surface area contributed by atoms with E-state index in [1.54, 1.807) is 0 Å². The van der Waals surface area contributed by atoms with Crippen LogP contribution >= 0.6 is 0 Å². The van der Waals surface area contributed by atoms with E-state index in [-0.39, 0.29) is 0 Å². The van der Waals surface area contributed by atoms with E-state index in [9.17, 15) is 0 Å². The highest BCUT2D eigenvalue weighted by Gasteiger charge is 2.20. The molecular weight excluding hydrogens is 324 g/mol. The molecule has 26 heavy (non-hydrogen) atoms. The van der Waals surface area contributed by atoms with Gasteiger partial charge in [0.15, 0.2) is 5.65 Å². The first-order valence-corrected chi connectivity index (χ1v) is 9.89. The number of fused-ring (bicyclic) bond motifs is 1. The Morgan fingerprint density at radius 3 is 2.69 bits per heavy atom. The van der Waals surface area contributed by atoms with E-state index < -0.39 is 0 Å². The Bertz CT molecular complexity index is 816. The van der Waals surface area contributed by atoms with Crippen LogP contribution in [-0.2, 0) is 6.54 Å². The Kier molecular flexibility index (Phi) is 5.07. The summed E-state index contributed by atoms with van der Waals surface area (Å²) in [6.45, 7) is 6.29. The Balaban J connectivity index is 1.55. The van der Waals surface area contributed by atoms with Gasteiger partial charge in [0.05, 0.1) is 11.9 Å². The molecule has 1 aliphatic carbocycles. The number of rotatable bonds is 3. The summed E-state index contributed by atoms with van der Waals surface area (Å²) in [5.74, 6) is 8.55. The third kappa shape index (κ3) is 3.68. The average Bonchev–Trinajstić information content (AvgIpc) is 3.26. The number of aromatic nitrogens is 4. The van der Waals surface area contributed by atoms with Crippen LogP contribution in [-0.4, -0.2) is 44.3 Å². The summed E-state index contributed by atoms with van der Waals surface area (Å²) in [4.78, 5) is 11.0. The van der Waals surface area contributed by atoms with E-state index in [1.807, 2.05) is 4.68 Å². The van der Waals surface area contributed by atoms with Crippen molar-refractivity contribution >= 4 is 16.9 Å². The lowest BCUT2D eigenvalue weighted by molar-refractivity contribution is 0.213. The summed E-state index contributed by atoms with van der Waals surface area (Å²) in [6.07, 6.45) is 9.25. The molecule has 1 saturated heterocycles. The number of nitrogen functional groups attached to an aromatic ring is 1. The first-order chi connectivity index (χ1) is 12.7. The maximum atomic E-state index is 6.13. The first kappa shape index (κ1) is 17.3. The minimum absolute atomic E-state index is 0.476. The fraction of sp³-hybridized carbons (Fsp3) is 0.650. The molecule has 2 aromatic heterocycles. The van der Waals surface area contributed by atoms with Gasteiger partial charge in [-0.2, -0.15) is 5.10 Å². The van der Waals surface area contributed by atoms with Crippen LogP contribution in [0.25, 0.3) is 11.0 Å². The zero-order valence-electron chi connectivity index (χ0n) is 15.6. The zero-order chi connectivity index (χ0) is 17.9. The maximum Gasteiger partial charge on any atom is 0.164 e. The second-order valence-corrected chi connectivity index (χ2v) is 7.90. The van der Waals surface area contributed by atoms with Crippen molar-refractivity contribution in [1.82, 2.24) is 24.6 Å². The lowest BCUT2D eigenvalue weighted by Gasteiger charge is -2.28. The molecule has 1 saturated carbocycles. The van der Waals surface area contributed by atoms with Crippen molar-refractivity contribution in [2.24, 2.45) is 11.8 Å². The number of anilines is 1. The molecule has 3 heterocycles. The van der Waals surface area contributed by atoms with Gasteiger partial charge < -0.3 is 5.73 Å². The molecule has 6 heteroatoms. The topological polar surface area (TPSA) is 72.9 Å². The molecule has 6 nitrogen and oxygen atoms in total. The van der Waals surface area contributed by atoms with Gasteiger partial charge in [-0.15, -0.1) is 0 Å². The third-order valence-corrected chi connectivity index (χ3v) is 5.85. The van der Waals surface area contributed by atoms with E-state index in [1.165, 1.54) is 44.9 Å². The highest BCUT2D eigenvalue weighted by molar-refractivity contribution is 5.90. The van der Waals surface area contributed by atoms with Crippen LogP contribution in [0.15, 0.2) is 6.33 Å². The predicted molar refractivity (Wildman–Crippen MR) is 103 cm³/mol. The van der Waals surface area contributed by atoms with Crippen LogP contribution in [0.4, 0.5) is 5.82 Å². The van der Waals surface area contributed by atoms with Gasteiger partial charge in [0.25, 0.3) is 0 Å². The van der Waals surface area contributed by atoms with Crippen molar-refractivity contribution in [2.75, 3.05) is 25.4 Å². The van der Waals surface area contributed by atoms with E-state index in [4.69, 9.17) is 10.8 Å². The van der Waals surface area contributed by atoms with Crippen LogP contribution < -0.4 is 5.73 Å². The van der Waals surface area contributed by atoms with Crippen LogP contribution in [0.1, 0.15) is 51.1 Å². The first-order valence-electron chi connectivity index (χ1n) is 9.89. The van der Waals surface area contributed by atoms with Crippen LogP contribution in [0.3, 0.4) is 0 Å². The summed E-state index contributed by atoms with van der Waals surface area (Å²) < 4.78 is 2.00. The quantitative estimate of drug-likeness (QED) is 0.860. The molecule has 0 radical (unpaired) electrons. The molecule has 4 rings (SSSR count). The minimum Gasteiger partial charge on any atom is -0.383 e. The summed E-state index contributed by atoms with van der Waals surface area (Å²) in [7, 11) is 0. The van der Waals surface area contributed by atoms with Gasteiger partial charge >= 0.3 is 0 Å². The Morgan fingerprint density at radius 1 is 1.15 bits per heavy atom. The smallest absolute Gasteiger partial charge is 0.164 e. The summed E-state index contributed by atoms with van der Waals surface area (Å²) >= 11 is 0. The van der Waals surface area contributed by atoms with Crippen molar-refractivity contribution in [3.05, 3.63) is 12.0 Å². The van der Waals surface area contributed by atoms with Crippen LogP contribution in [0.5, 0.6) is 0 Å². The summed E-state index contributed by atoms with van der Waals surface area (Å²) in [6, 6.07) is 0. The van der Waals surface area contributed by atoms with Gasteiger partial charge in [-0.3, -0.25) is 4.90 Å². The molecule has 2 N–H and O–H groups in total. The molecule has 2 aromatic rings. The predicted octanol–water partition coefficient (Wildman–Crippen LogP) is 2.68. The largest absolute Gasteiger partial charge is 0.383 e. The van der Waals surface area contributed by atoms with E-state index >= 15 is 0 Å². The highest BCUT2D eigenvalue weighted by atomic mass is 15.3. The molecule has 0 spiro atoms. The van der Waals surface area contributed by atoms with Crippen molar-refractivity contribution in [3.8, 4) is 11.8 Å². The lowest BCUT2D eigenvalue weighted by atomic mass is 9.99. The zero-order valence-corrected chi connectivity index (χ0v) is 15.6. The standard InChI is InChI=1S/C20H28N6/c1-15-8-11-25(12-9-15)10-4-7-17-18-19(21)22-14-23-20(18)26(24-17)13-16-5-2-3-6-16/h14-16H,2-3,5-6,8-13H2,1H3,(H2,21,22,23). The van der Waals surface area contributed by atoms with E-state index in [2.05, 4.69) is 33.6 Å². The minimum atomic E-state index is 0.476. The third-order valence-electron chi connectivity index (χ3n) is 5.85. The average molecular weight is 352 g/mol. The maximum absolute atomic E-state index is 6.13. The normalized spacial score (nSPS) is 19.7. The van der Waals surface area contributed by atoms with Crippen LogP contribution in [0.2, 0.25) is 0 Å². The number of nitrogens with two attached hydrogens (primary N) is 1. The lowest BCUT2D eigenvalue weighted by Crippen LogP contribution is -2.33. The number of likely N-dealkylation sites (tertiary alicyclic amines) is 1. The Hall–Kier alpha value is -2.13. The van der Waals surface area contributed by atoms with Gasteiger partial charge in [0.1, 0.15) is 17.8 Å². The van der Waals surface area contributed by atoms with E-state index in [0.29, 0.717) is 11.7 Å². The number of hydrogen-bond donors (Lipinski definition) is 1. The van der Waals surface area contributed by atoms with Crippen molar-refractivity contribution < 1.29 is 0 Å². The highest BCUT2D eigenvalue weighted by Crippen LogP contribution is 2.28. The van der Waals surface area contributed by atoms with E-state index in [0.717, 1.165) is 48.8 Å². The molecule has 0 bridgehead atoms. The van der Waals surface area contributed by atoms with Crippen molar-refractivity contribution in [3.63, 3.8) is 0 Å². The van der Waals surface area contributed by atoms with Crippen molar-refractivity contribution in [2.45, 2.75) is 52.0 Å². The Morgan fingerprint density at radius 2 is 1.92 bits per heavy atom. The fourth-order valence-corrected chi connectivity index (χ4v) is 4.14. The second-order valence-electron chi connectivity index (χ2n) is 7.90. The molecule has 0 amide bonds.